The van der Waals surface area contributed by atoms with Crippen molar-refractivity contribution in [1.82, 2.24) is 9.55 Å². The summed E-state index contributed by atoms with van der Waals surface area (Å²) in [5, 5.41) is 10.8. The van der Waals surface area contributed by atoms with Gasteiger partial charge in [-0.1, -0.05) is 49.0 Å². The van der Waals surface area contributed by atoms with E-state index in [0.29, 0.717) is 18.2 Å². The smallest absolute Gasteiger partial charge is 0.266 e. The maximum atomic E-state index is 13.1. The number of para-hydroxylation sites is 1. The number of aromatic hydroxyl groups is 1. The predicted molar refractivity (Wildman–Crippen MR) is 108 cm³/mol. The Morgan fingerprint density at radius 1 is 1.11 bits per heavy atom. The molecule has 0 unspecified atom stereocenters. The molecule has 5 nitrogen and oxygen atoms in total. The van der Waals surface area contributed by atoms with Crippen LogP contribution in [-0.2, 0) is 6.42 Å². The summed E-state index contributed by atoms with van der Waals surface area (Å²) in [5.74, 6) is 0.574. The Hall–Kier alpha value is -2.73. The van der Waals surface area contributed by atoms with E-state index in [1.165, 1.54) is 11.8 Å². The number of aromatic nitrogens is 2. The minimum Gasteiger partial charge on any atom is -0.494 e. The Kier molecular flexibility index (Phi) is 6.19. The van der Waals surface area contributed by atoms with Crippen molar-refractivity contribution in [2.24, 2.45) is 0 Å². The van der Waals surface area contributed by atoms with Gasteiger partial charge in [-0.25, -0.2) is 0 Å². The molecule has 0 spiro atoms. The fourth-order valence-electron chi connectivity index (χ4n) is 2.75. The van der Waals surface area contributed by atoms with Crippen molar-refractivity contribution in [2.45, 2.75) is 24.9 Å². The standard InChI is InChI=1S/C21H22N2O3S/c1-3-13-26-17-11-9-15(10-12-17)14-18-19(24)22-21(27-2)23(20(18)25)16-7-5-4-6-8-16/h4-12,24H,3,13-14H2,1-2H3. The van der Waals surface area contributed by atoms with Crippen molar-refractivity contribution in [1.29, 1.82) is 0 Å². The van der Waals surface area contributed by atoms with Gasteiger partial charge in [0.2, 0.25) is 5.88 Å². The van der Waals surface area contributed by atoms with Gasteiger partial charge in [-0.2, -0.15) is 4.98 Å². The van der Waals surface area contributed by atoms with Gasteiger partial charge >= 0.3 is 0 Å². The number of benzene rings is 2. The Labute approximate surface area is 162 Å². The van der Waals surface area contributed by atoms with Gasteiger partial charge in [-0.15, -0.1) is 0 Å². The molecule has 3 rings (SSSR count). The highest BCUT2D eigenvalue weighted by atomic mass is 32.2. The molecule has 0 saturated carbocycles. The monoisotopic (exact) mass is 382 g/mol. The molecule has 27 heavy (non-hydrogen) atoms. The third-order valence-corrected chi connectivity index (χ3v) is 4.74. The first-order chi connectivity index (χ1) is 13.1. The zero-order valence-electron chi connectivity index (χ0n) is 15.4. The lowest BCUT2D eigenvalue weighted by Gasteiger charge is -2.13. The highest BCUT2D eigenvalue weighted by Crippen LogP contribution is 2.23. The molecule has 0 aliphatic carbocycles. The van der Waals surface area contributed by atoms with Gasteiger partial charge in [0.25, 0.3) is 5.56 Å². The second-order valence-corrected chi connectivity index (χ2v) is 6.82. The van der Waals surface area contributed by atoms with Crippen LogP contribution in [0.1, 0.15) is 24.5 Å². The number of rotatable bonds is 7. The van der Waals surface area contributed by atoms with Gasteiger partial charge in [0.05, 0.1) is 17.9 Å². The van der Waals surface area contributed by atoms with Crippen molar-refractivity contribution in [3.8, 4) is 17.3 Å². The van der Waals surface area contributed by atoms with Crippen LogP contribution in [-0.4, -0.2) is 27.5 Å². The van der Waals surface area contributed by atoms with E-state index >= 15 is 0 Å². The molecule has 140 valence electrons. The summed E-state index contributed by atoms with van der Waals surface area (Å²) in [5.41, 5.74) is 1.65. The molecule has 1 heterocycles. The fraction of sp³-hybridized carbons (Fsp3) is 0.238. The van der Waals surface area contributed by atoms with Crippen LogP contribution in [0.25, 0.3) is 5.69 Å². The van der Waals surface area contributed by atoms with Crippen LogP contribution in [0.4, 0.5) is 0 Å². The van der Waals surface area contributed by atoms with Crippen molar-refractivity contribution in [3.05, 3.63) is 76.1 Å². The molecule has 1 aromatic heterocycles. The van der Waals surface area contributed by atoms with Gasteiger partial charge in [0.1, 0.15) is 5.75 Å². The molecule has 6 heteroatoms. The molecule has 0 saturated heterocycles. The van der Waals surface area contributed by atoms with Crippen LogP contribution in [0.2, 0.25) is 0 Å². The minimum atomic E-state index is -0.260. The Morgan fingerprint density at radius 2 is 1.81 bits per heavy atom. The summed E-state index contributed by atoms with van der Waals surface area (Å²) in [6, 6.07) is 16.9. The minimum absolute atomic E-state index is 0.220. The lowest BCUT2D eigenvalue weighted by molar-refractivity contribution is 0.317. The van der Waals surface area contributed by atoms with Gasteiger partial charge < -0.3 is 9.84 Å². The molecule has 1 N–H and O–H groups in total. The molecule has 0 aliphatic rings. The number of nitrogens with zero attached hydrogens (tertiary/aromatic N) is 2. The first kappa shape index (κ1) is 19.0. The van der Waals surface area contributed by atoms with Gasteiger partial charge in [0.15, 0.2) is 5.16 Å². The van der Waals surface area contributed by atoms with Crippen molar-refractivity contribution < 1.29 is 9.84 Å². The van der Waals surface area contributed by atoms with Crippen LogP contribution >= 0.6 is 11.8 Å². The number of thioether (sulfide) groups is 1. The van der Waals surface area contributed by atoms with E-state index in [-0.39, 0.29) is 17.0 Å². The molecule has 3 aromatic rings. The van der Waals surface area contributed by atoms with Crippen LogP contribution in [0.5, 0.6) is 11.6 Å². The molecule has 0 atom stereocenters. The summed E-state index contributed by atoms with van der Waals surface area (Å²) in [4.78, 5) is 17.3. The quantitative estimate of drug-likeness (QED) is 0.493. The zero-order chi connectivity index (χ0) is 19.2. The van der Waals surface area contributed by atoms with Gasteiger partial charge in [-0.3, -0.25) is 9.36 Å². The third-order valence-electron chi connectivity index (χ3n) is 4.10. The maximum absolute atomic E-state index is 13.1. The molecule has 2 aromatic carbocycles. The van der Waals surface area contributed by atoms with E-state index in [1.807, 2.05) is 60.9 Å². The first-order valence-corrected chi connectivity index (χ1v) is 10.0. The average molecular weight is 382 g/mol. The van der Waals surface area contributed by atoms with Crippen LogP contribution in [0.15, 0.2) is 64.5 Å². The summed E-state index contributed by atoms with van der Waals surface area (Å²) in [7, 11) is 0. The lowest BCUT2D eigenvalue weighted by atomic mass is 10.1. The van der Waals surface area contributed by atoms with E-state index in [4.69, 9.17) is 4.74 Å². The SMILES string of the molecule is CCCOc1ccc(Cc2c(O)nc(SC)n(-c3ccccc3)c2=O)cc1. The van der Waals surface area contributed by atoms with E-state index in [1.54, 1.807) is 4.57 Å². The van der Waals surface area contributed by atoms with Crippen molar-refractivity contribution in [3.63, 3.8) is 0 Å². The summed E-state index contributed by atoms with van der Waals surface area (Å²) in [6.45, 7) is 2.72. The topological polar surface area (TPSA) is 64.3 Å². The highest BCUT2D eigenvalue weighted by Gasteiger charge is 2.17. The number of hydrogen-bond donors (Lipinski definition) is 1. The third kappa shape index (κ3) is 4.34. The molecule has 0 bridgehead atoms. The molecular formula is C21H22N2O3S. The summed E-state index contributed by atoms with van der Waals surface area (Å²) in [6.07, 6.45) is 3.07. The lowest BCUT2D eigenvalue weighted by Crippen LogP contribution is -2.25. The fourth-order valence-corrected chi connectivity index (χ4v) is 3.30. The van der Waals surface area contributed by atoms with Crippen LogP contribution in [0.3, 0.4) is 0 Å². The van der Waals surface area contributed by atoms with E-state index in [9.17, 15) is 9.90 Å². The largest absolute Gasteiger partial charge is 0.494 e. The average Bonchev–Trinajstić information content (AvgIpc) is 2.70. The summed E-state index contributed by atoms with van der Waals surface area (Å²) >= 11 is 1.32. The second kappa shape index (κ2) is 8.77. The van der Waals surface area contributed by atoms with Gasteiger partial charge in [0, 0.05) is 6.42 Å². The second-order valence-electron chi connectivity index (χ2n) is 6.05. The van der Waals surface area contributed by atoms with E-state index in [2.05, 4.69) is 11.9 Å². The number of hydrogen-bond acceptors (Lipinski definition) is 5. The molecular weight excluding hydrogens is 360 g/mol. The Balaban J connectivity index is 1.97. The molecule has 0 radical (unpaired) electrons. The van der Waals surface area contributed by atoms with Gasteiger partial charge in [-0.05, 0) is 42.5 Å². The van der Waals surface area contributed by atoms with Crippen molar-refractivity contribution in [2.75, 3.05) is 12.9 Å². The maximum Gasteiger partial charge on any atom is 0.266 e. The zero-order valence-corrected chi connectivity index (χ0v) is 16.2. The first-order valence-electron chi connectivity index (χ1n) is 8.80. The predicted octanol–water partition coefficient (Wildman–Crippen LogP) is 4.04. The van der Waals surface area contributed by atoms with Crippen LogP contribution < -0.4 is 10.3 Å². The number of ether oxygens (including phenoxy) is 1. The van der Waals surface area contributed by atoms with Crippen LogP contribution in [0, 0.1) is 0 Å². The highest BCUT2D eigenvalue weighted by molar-refractivity contribution is 7.98. The molecule has 0 amide bonds. The molecule has 0 fully saturated rings. The van der Waals surface area contributed by atoms with E-state index < -0.39 is 0 Å². The Bertz CT molecular complexity index is 954. The summed E-state index contributed by atoms with van der Waals surface area (Å²) < 4.78 is 7.12. The normalized spacial score (nSPS) is 10.7. The van der Waals surface area contributed by atoms with Crippen molar-refractivity contribution >= 4 is 11.8 Å². The Morgan fingerprint density at radius 3 is 2.44 bits per heavy atom. The van der Waals surface area contributed by atoms with E-state index in [0.717, 1.165) is 23.4 Å². The molecule has 0 aliphatic heterocycles.